The molecule has 1 aromatic rings. The van der Waals surface area contributed by atoms with Crippen molar-refractivity contribution in [1.29, 1.82) is 0 Å². The predicted molar refractivity (Wildman–Crippen MR) is 61.5 cm³/mol. The van der Waals surface area contributed by atoms with Gasteiger partial charge in [0.25, 0.3) is 0 Å². The Bertz CT molecular complexity index is 373. The summed E-state index contributed by atoms with van der Waals surface area (Å²) in [6.07, 6.45) is 1.09. The minimum atomic E-state index is -0.670. The van der Waals surface area contributed by atoms with Gasteiger partial charge in [-0.2, -0.15) is 0 Å². The van der Waals surface area contributed by atoms with Crippen molar-refractivity contribution in [2.45, 2.75) is 32.0 Å². The zero-order valence-corrected chi connectivity index (χ0v) is 9.86. The number of halogens is 1. The van der Waals surface area contributed by atoms with Crippen LogP contribution < -0.4 is 4.74 Å². The molecule has 0 aromatic heterocycles. The summed E-state index contributed by atoms with van der Waals surface area (Å²) in [5.74, 6) is -0.209. The average molecular weight is 240 g/mol. The van der Waals surface area contributed by atoms with Gasteiger partial charge < -0.3 is 14.6 Å². The molecule has 0 radical (unpaired) electrons. The van der Waals surface area contributed by atoms with Crippen LogP contribution in [0.25, 0.3) is 0 Å². The molecule has 0 saturated carbocycles. The summed E-state index contributed by atoms with van der Waals surface area (Å²) in [7, 11) is 0. The minimum absolute atomic E-state index is 0.0735. The Morgan fingerprint density at radius 3 is 2.94 bits per heavy atom. The van der Waals surface area contributed by atoms with E-state index in [1.165, 1.54) is 6.07 Å². The molecule has 1 N–H and O–H groups in total. The molecule has 17 heavy (non-hydrogen) atoms. The van der Waals surface area contributed by atoms with Gasteiger partial charge in [-0.1, -0.05) is 6.07 Å². The van der Waals surface area contributed by atoms with Crippen LogP contribution in [0.5, 0.6) is 5.75 Å². The highest BCUT2D eigenvalue weighted by Gasteiger charge is 2.17. The molecule has 1 heterocycles. The summed E-state index contributed by atoms with van der Waals surface area (Å²) in [5, 5.41) is 9.33. The van der Waals surface area contributed by atoms with Gasteiger partial charge in [0.1, 0.15) is 6.10 Å². The molecular weight excluding hydrogens is 223 g/mol. The van der Waals surface area contributed by atoms with Crippen LogP contribution in [0, 0.1) is 5.82 Å². The summed E-state index contributed by atoms with van der Waals surface area (Å²) in [5.41, 5.74) is 0.551. The number of rotatable bonds is 3. The van der Waals surface area contributed by atoms with Crippen molar-refractivity contribution in [2.75, 3.05) is 13.2 Å². The Kier molecular flexibility index (Phi) is 3.97. The molecule has 2 atom stereocenters. The van der Waals surface area contributed by atoms with Gasteiger partial charge in [0.2, 0.25) is 0 Å². The van der Waals surface area contributed by atoms with Crippen molar-refractivity contribution in [3.05, 3.63) is 29.6 Å². The number of hydrogen-bond donors (Lipinski definition) is 1. The third-order valence-corrected chi connectivity index (χ3v) is 2.85. The van der Waals surface area contributed by atoms with Crippen LogP contribution in [0.15, 0.2) is 18.2 Å². The topological polar surface area (TPSA) is 38.7 Å². The largest absolute Gasteiger partial charge is 0.485 e. The lowest BCUT2D eigenvalue weighted by Crippen LogP contribution is -2.28. The Labute approximate surface area is 100 Å². The van der Waals surface area contributed by atoms with E-state index in [0.29, 0.717) is 12.2 Å². The van der Waals surface area contributed by atoms with Crippen LogP contribution in [0.1, 0.15) is 31.4 Å². The third-order valence-electron chi connectivity index (χ3n) is 2.85. The molecule has 0 aliphatic carbocycles. The SMILES string of the molecule is C[C@@H](O)c1ccc(OC2CCCOC2)c(F)c1. The standard InChI is InChI=1S/C13H17FO3/c1-9(15)10-4-5-13(12(14)7-10)17-11-3-2-6-16-8-11/h4-5,7,9,11,15H,2-3,6,8H2,1H3/t9-,11?/m1/s1. The average Bonchev–Trinajstić information content (AvgIpc) is 2.33. The lowest BCUT2D eigenvalue weighted by atomic mass is 10.1. The molecule has 1 saturated heterocycles. The van der Waals surface area contributed by atoms with E-state index in [9.17, 15) is 9.50 Å². The van der Waals surface area contributed by atoms with Crippen LogP contribution in [0.3, 0.4) is 0 Å². The molecule has 94 valence electrons. The Balaban J connectivity index is 2.05. The van der Waals surface area contributed by atoms with Crippen LogP contribution in [-0.4, -0.2) is 24.4 Å². The van der Waals surface area contributed by atoms with Crippen molar-refractivity contribution < 1.29 is 19.0 Å². The fourth-order valence-electron chi connectivity index (χ4n) is 1.86. The van der Waals surface area contributed by atoms with Crippen molar-refractivity contribution >= 4 is 0 Å². The van der Waals surface area contributed by atoms with E-state index in [0.717, 1.165) is 19.4 Å². The zero-order chi connectivity index (χ0) is 12.3. The first-order valence-electron chi connectivity index (χ1n) is 5.88. The molecule has 4 heteroatoms. The molecule has 1 unspecified atom stereocenters. The second-order valence-corrected chi connectivity index (χ2v) is 4.32. The van der Waals surface area contributed by atoms with E-state index in [1.807, 2.05) is 0 Å². The monoisotopic (exact) mass is 240 g/mol. The minimum Gasteiger partial charge on any atom is -0.485 e. The lowest BCUT2D eigenvalue weighted by Gasteiger charge is -2.23. The van der Waals surface area contributed by atoms with Gasteiger partial charge in [0.05, 0.1) is 12.7 Å². The number of ether oxygens (including phenoxy) is 2. The first-order chi connectivity index (χ1) is 8.16. The van der Waals surface area contributed by atoms with E-state index in [-0.39, 0.29) is 11.9 Å². The van der Waals surface area contributed by atoms with E-state index in [2.05, 4.69) is 0 Å². The molecule has 2 rings (SSSR count). The maximum Gasteiger partial charge on any atom is 0.165 e. The molecule has 1 aliphatic rings. The summed E-state index contributed by atoms with van der Waals surface area (Å²) >= 11 is 0. The van der Waals surface area contributed by atoms with E-state index in [1.54, 1.807) is 19.1 Å². The fraction of sp³-hybridized carbons (Fsp3) is 0.538. The number of aliphatic hydroxyl groups is 1. The van der Waals surface area contributed by atoms with Crippen molar-refractivity contribution in [3.8, 4) is 5.75 Å². The van der Waals surface area contributed by atoms with Gasteiger partial charge in [-0.05, 0) is 37.5 Å². The third kappa shape index (κ3) is 3.17. The first-order valence-corrected chi connectivity index (χ1v) is 5.88. The highest BCUT2D eigenvalue weighted by Crippen LogP contribution is 2.24. The number of hydrogen-bond acceptors (Lipinski definition) is 3. The highest BCUT2D eigenvalue weighted by atomic mass is 19.1. The van der Waals surface area contributed by atoms with Crippen molar-refractivity contribution in [2.24, 2.45) is 0 Å². The maximum atomic E-state index is 13.7. The first kappa shape index (κ1) is 12.3. The predicted octanol–water partition coefficient (Wildman–Crippen LogP) is 2.44. The van der Waals surface area contributed by atoms with E-state index >= 15 is 0 Å². The maximum absolute atomic E-state index is 13.7. The van der Waals surface area contributed by atoms with Gasteiger partial charge in [-0.15, -0.1) is 0 Å². The Morgan fingerprint density at radius 2 is 2.35 bits per heavy atom. The fourth-order valence-corrected chi connectivity index (χ4v) is 1.86. The lowest BCUT2D eigenvalue weighted by molar-refractivity contribution is 0.00584. The smallest absolute Gasteiger partial charge is 0.165 e. The molecular formula is C13H17FO3. The molecule has 3 nitrogen and oxygen atoms in total. The van der Waals surface area contributed by atoms with Crippen molar-refractivity contribution in [1.82, 2.24) is 0 Å². The number of aliphatic hydroxyl groups excluding tert-OH is 1. The van der Waals surface area contributed by atoms with Gasteiger partial charge in [0, 0.05) is 6.61 Å². The summed E-state index contributed by atoms with van der Waals surface area (Å²) < 4.78 is 24.5. The van der Waals surface area contributed by atoms with Gasteiger partial charge in [-0.25, -0.2) is 4.39 Å². The normalized spacial score (nSPS) is 22.2. The van der Waals surface area contributed by atoms with Crippen LogP contribution in [-0.2, 0) is 4.74 Å². The quantitative estimate of drug-likeness (QED) is 0.882. The highest BCUT2D eigenvalue weighted by molar-refractivity contribution is 5.30. The van der Waals surface area contributed by atoms with Gasteiger partial charge in [0.15, 0.2) is 11.6 Å². The Hall–Kier alpha value is -1.13. The van der Waals surface area contributed by atoms with Crippen LogP contribution >= 0.6 is 0 Å². The summed E-state index contributed by atoms with van der Waals surface area (Å²) in [4.78, 5) is 0. The molecule has 1 fully saturated rings. The molecule has 1 aromatic carbocycles. The van der Waals surface area contributed by atoms with E-state index in [4.69, 9.17) is 9.47 Å². The number of benzene rings is 1. The summed E-state index contributed by atoms with van der Waals surface area (Å²) in [6.45, 7) is 2.87. The molecule has 0 amide bonds. The second-order valence-electron chi connectivity index (χ2n) is 4.32. The van der Waals surface area contributed by atoms with E-state index < -0.39 is 11.9 Å². The van der Waals surface area contributed by atoms with Crippen LogP contribution in [0.2, 0.25) is 0 Å². The van der Waals surface area contributed by atoms with Gasteiger partial charge >= 0.3 is 0 Å². The van der Waals surface area contributed by atoms with Gasteiger partial charge in [-0.3, -0.25) is 0 Å². The zero-order valence-electron chi connectivity index (χ0n) is 9.86. The van der Waals surface area contributed by atoms with Crippen LogP contribution in [0.4, 0.5) is 4.39 Å². The van der Waals surface area contributed by atoms with Crippen molar-refractivity contribution in [3.63, 3.8) is 0 Å². The summed E-state index contributed by atoms with van der Waals surface area (Å²) in [6, 6.07) is 4.54. The Morgan fingerprint density at radius 1 is 1.53 bits per heavy atom. The molecule has 1 aliphatic heterocycles. The molecule has 0 bridgehead atoms. The molecule has 0 spiro atoms. The second kappa shape index (κ2) is 5.47.